The minimum atomic E-state index is -0.451. The molecule has 0 spiro atoms. The Morgan fingerprint density at radius 1 is 1.25 bits per heavy atom. The maximum absolute atomic E-state index is 12.3. The van der Waals surface area contributed by atoms with Gasteiger partial charge in [-0.05, 0) is 12.5 Å². The molecule has 2 aromatic heterocycles. The Balaban J connectivity index is 1.90. The lowest BCUT2D eigenvalue weighted by Gasteiger charge is -2.08. The topological polar surface area (TPSA) is 92.8 Å². The van der Waals surface area contributed by atoms with Crippen molar-refractivity contribution < 1.29 is 9.53 Å². The van der Waals surface area contributed by atoms with Crippen LogP contribution in [0.5, 0.6) is 0 Å². The number of ether oxygens (including phenoxy) is 1. The maximum atomic E-state index is 12.3. The number of benzene rings is 1. The largest absolute Gasteiger partial charge is 0.462 e. The summed E-state index contributed by atoms with van der Waals surface area (Å²) in [7, 11) is 0. The fourth-order valence-electron chi connectivity index (χ4n) is 2.27. The maximum Gasteiger partial charge on any atom is 0.341 e. The SMILES string of the molecule is CCOC(=O)/C(=C\NCc1ccccc1)c1ncnc2nc[nH]c12. The molecule has 0 saturated carbocycles. The average molecular weight is 323 g/mol. The van der Waals surface area contributed by atoms with Crippen LogP contribution < -0.4 is 5.32 Å². The van der Waals surface area contributed by atoms with E-state index in [1.54, 1.807) is 13.1 Å². The number of aromatic amines is 1. The molecule has 0 unspecified atom stereocenters. The summed E-state index contributed by atoms with van der Waals surface area (Å²) < 4.78 is 5.14. The summed E-state index contributed by atoms with van der Waals surface area (Å²) in [5.41, 5.74) is 2.98. The highest BCUT2D eigenvalue weighted by Crippen LogP contribution is 2.19. The molecule has 7 heteroatoms. The lowest BCUT2D eigenvalue weighted by atomic mass is 10.1. The fourth-order valence-corrected chi connectivity index (χ4v) is 2.27. The number of aromatic nitrogens is 4. The lowest BCUT2D eigenvalue weighted by Crippen LogP contribution is -2.13. The normalized spacial score (nSPS) is 11.5. The number of nitrogens with one attached hydrogen (secondary N) is 2. The van der Waals surface area contributed by atoms with Gasteiger partial charge in [0.15, 0.2) is 5.65 Å². The summed E-state index contributed by atoms with van der Waals surface area (Å²) in [5, 5.41) is 3.14. The first-order valence-electron chi connectivity index (χ1n) is 7.58. The Morgan fingerprint density at radius 2 is 2.08 bits per heavy atom. The molecule has 7 nitrogen and oxygen atoms in total. The molecule has 2 heterocycles. The first kappa shape index (κ1) is 15.7. The van der Waals surface area contributed by atoms with Crippen LogP contribution in [0.15, 0.2) is 49.2 Å². The van der Waals surface area contributed by atoms with E-state index in [1.807, 2.05) is 30.3 Å². The predicted octanol–water partition coefficient (Wildman–Crippen LogP) is 2.05. The highest BCUT2D eigenvalue weighted by Gasteiger charge is 2.19. The summed E-state index contributed by atoms with van der Waals surface area (Å²) in [4.78, 5) is 27.7. The van der Waals surface area contributed by atoms with Crippen LogP contribution >= 0.6 is 0 Å². The summed E-state index contributed by atoms with van der Waals surface area (Å²) in [6.45, 7) is 2.63. The molecule has 122 valence electrons. The molecular formula is C17H17N5O2. The van der Waals surface area contributed by atoms with Crippen molar-refractivity contribution in [3.05, 3.63) is 60.4 Å². The zero-order valence-corrected chi connectivity index (χ0v) is 13.2. The van der Waals surface area contributed by atoms with Crippen LogP contribution in [0.3, 0.4) is 0 Å². The van der Waals surface area contributed by atoms with Crippen LogP contribution in [-0.2, 0) is 16.1 Å². The van der Waals surface area contributed by atoms with Gasteiger partial charge in [-0.2, -0.15) is 0 Å². The van der Waals surface area contributed by atoms with Crippen LogP contribution in [0.2, 0.25) is 0 Å². The Bertz CT molecular complexity index is 858. The molecule has 3 rings (SSSR count). The third kappa shape index (κ3) is 3.40. The number of esters is 1. The second-order valence-electron chi connectivity index (χ2n) is 4.97. The van der Waals surface area contributed by atoms with E-state index in [2.05, 4.69) is 25.3 Å². The number of hydrogen-bond donors (Lipinski definition) is 2. The van der Waals surface area contributed by atoms with E-state index < -0.39 is 5.97 Å². The standard InChI is InChI=1S/C17H17N5O2/c1-2-24-17(23)13(9-18-8-12-6-4-3-5-7-12)14-15-16(21-10-19-14)22-11-20-15/h3-7,9-11,18H,2,8H2,1H3,(H,19,20,21,22)/b13-9-. The third-order valence-corrected chi connectivity index (χ3v) is 3.37. The van der Waals surface area contributed by atoms with Crippen LogP contribution in [0.4, 0.5) is 0 Å². The van der Waals surface area contributed by atoms with Crippen molar-refractivity contribution in [2.24, 2.45) is 0 Å². The number of carbonyl (C=O) groups is 1. The summed E-state index contributed by atoms with van der Waals surface area (Å²) in [6, 6.07) is 9.89. The van der Waals surface area contributed by atoms with E-state index in [1.165, 1.54) is 12.7 Å². The number of H-pyrrole nitrogens is 1. The van der Waals surface area contributed by atoms with Gasteiger partial charge in [-0.15, -0.1) is 0 Å². The molecule has 0 saturated heterocycles. The Morgan fingerprint density at radius 3 is 2.88 bits per heavy atom. The van der Waals surface area contributed by atoms with Crippen molar-refractivity contribution in [1.82, 2.24) is 25.3 Å². The second-order valence-corrected chi connectivity index (χ2v) is 4.97. The molecule has 0 amide bonds. The first-order chi connectivity index (χ1) is 11.8. The number of imidazole rings is 1. The van der Waals surface area contributed by atoms with E-state index in [0.717, 1.165) is 5.56 Å². The van der Waals surface area contributed by atoms with E-state index in [9.17, 15) is 4.79 Å². The van der Waals surface area contributed by atoms with Crippen molar-refractivity contribution >= 4 is 22.7 Å². The number of hydrogen-bond acceptors (Lipinski definition) is 6. The smallest absolute Gasteiger partial charge is 0.341 e. The predicted molar refractivity (Wildman–Crippen MR) is 89.6 cm³/mol. The second kappa shape index (κ2) is 7.36. The van der Waals surface area contributed by atoms with Gasteiger partial charge < -0.3 is 15.0 Å². The van der Waals surface area contributed by atoms with Gasteiger partial charge in [0.25, 0.3) is 0 Å². The third-order valence-electron chi connectivity index (χ3n) is 3.37. The van der Waals surface area contributed by atoms with Crippen molar-refractivity contribution in [2.45, 2.75) is 13.5 Å². The molecule has 0 atom stereocenters. The van der Waals surface area contributed by atoms with Crippen molar-refractivity contribution in [2.75, 3.05) is 6.61 Å². The van der Waals surface area contributed by atoms with Crippen LogP contribution in [-0.4, -0.2) is 32.5 Å². The highest BCUT2D eigenvalue weighted by atomic mass is 16.5. The number of nitrogens with zero attached hydrogens (tertiary/aromatic N) is 3. The van der Waals surface area contributed by atoms with Gasteiger partial charge in [-0.25, -0.2) is 19.7 Å². The molecule has 0 radical (unpaired) electrons. The minimum absolute atomic E-state index is 0.284. The Hall–Kier alpha value is -3.22. The van der Waals surface area contributed by atoms with Gasteiger partial charge in [-0.3, -0.25) is 0 Å². The van der Waals surface area contributed by atoms with Gasteiger partial charge in [0, 0.05) is 12.7 Å². The molecule has 0 aliphatic heterocycles. The van der Waals surface area contributed by atoms with Crippen LogP contribution in [0.25, 0.3) is 16.7 Å². The first-order valence-corrected chi connectivity index (χ1v) is 7.58. The molecule has 0 fully saturated rings. The Kier molecular flexibility index (Phi) is 4.81. The zero-order valence-electron chi connectivity index (χ0n) is 13.2. The molecular weight excluding hydrogens is 306 g/mol. The van der Waals surface area contributed by atoms with Gasteiger partial charge >= 0.3 is 5.97 Å². The number of rotatable bonds is 6. The van der Waals surface area contributed by atoms with Crippen LogP contribution in [0, 0.1) is 0 Å². The van der Waals surface area contributed by atoms with Crippen molar-refractivity contribution in [1.29, 1.82) is 0 Å². The summed E-state index contributed by atoms with van der Waals surface area (Å²) >= 11 is 0. The Labute approximate surface area is 138 Å². The molecule has 0 bridgehead atoms. The van der Waals surface area contributed by atoms with Gasteiger partial charge in [0.1, 0.15) is 23.1 Å². The average Bonchev–Trinajstić information content (AvgIpc) is 3.09. The van der Waals surface area contributed by atoms with E-state index in [-0.39, 0.29) is 6.61 Å². The summed E-state index contributed by atoms with van der Waals surface area (Å²) in [5.74, 6) is -0.451. The molecule has 1 aromatic carbocycles. The van der Waals surface area contributed by atoms with Crippen molar-refractivity contribution in [3.63, 3.8) is 0 Å². The molecule has 0 aliphatic rings. The van der Waals surface area contributed by atoms with Gasteiger partial charge in [0.05, 0.1) is 12.9 Å². The molecule has 0 aliphatic carbocycles. The van der Waals surface area contributed by atoms with E-state index in [0.29, 0.717) is 29.0 Å². The van der Waals surface area contributed by atoms with Gasteiger partial charge in [-0.1, -0.05) is 30.3 Å². The fraction of sp³-hybridized carbons (Fsp3) is 0.176. The zero-order chi connectivity index (χ0) is 16.8. The van der Waals surface area contributed by atoms with E-state index in [4.69, 9.17) is 4.74 Å². The molecule has 2 N–H and O–H groups in total. The monoisotopic (exact) mass is 323 g/mol. The number of fused-ring (bicyclic) bond motifs is 1. The minimum Gasteiger partial charge on any atom is -0.462 e. The molecule has 3 aromatic rings. The summed E-state index contributed by atoms with van der Waals surface area (Å²) in [6.07, 6.45) is 4.51. The quantitative estimate of drug-likeness (QED) is 0.533. The lowest BCUT2D eigenvalue weighted by molar-refractivity contribution is -0.136. The van der Waals surface area contributed by atoms with E-state index >= 15 is 0 Å². The van der Waals surface area contributed by atoms with Crippen LogP contribution in [0.1, 0.15) is 18.2 Å². The molecule has 24 heavy (non-hydrogen) atoms. The highest BCUT2D eigenvalue weighted by molar-refractivity contribution is 6.18. The number of carbonyl (C=O) groups excluding carboxylic acids is 1. The van der Waals surface area contributed by atoms with Crippen molar-refractivity contribution in [3.8, 4) is 0 Å². The van der Waals surface area contributed by atoms with Gasteiger partial charge in [0.2, 0.25) is 0 Å².